The van der Waals surface area contributed by atoms with Gasteiger partial charge in [-0.1, -0.05) is 29.1 Å². The van der Waals surface area contributed by atoms with Crippen molar-refractivity contribution < 1.29 is 0 Å². The summed E-state index contributed by atoms with van der Waals surface area (Å²) in [5.41, 5.74) is 5.44. The predicted octanol–water partition coefficient (Wildman–Crippen LogP) is 0.207. The lowest BCUT2D eigenvalue weighted by Gasteiger charge is -2.04. The molecule has 0 atom stereocenters. The Morgan fingerprint density at radius 3 is 2.90 bits per heavy atom. The Balaban J connectivity index is 1.90. The highest BCUT2D eigenvalue weighted by Gasteiger charge is 2.06. The summed E-state index contributed by atoms with van der Waals surface area (Å²) in [6, 6.07) is 8.15. The van der Waals surface area contributed by atoms with Gasteiger partial charge >= 0.3 is 0 Å². The molecule has 21 heavy (non-hydrogen) atoms. The van der Waals surface area contributed by atoms with Crippen molar-refractivity contribution in [2.75, 3.05) is 5.73 Å². The monoisotopic (exact) mass is 302 g/mol. The SMILES string of the molecule is Nc1cc(=O)[nH]c(SCn2nnc3ccccc3c2=O)n1. The van der Waals surface area contributed by atoms with Crippen molar-refractivity contribution in [3.05, 3.63) is 51.0 Å². The van der Waals surface area contributed by atoms with Crippen molar-refractivity contribution in [2.24, 2.45) is 0 Å². The van der Waals surface area contributed by atoms with Crippen LogP contribution in [0.2, 0.25) is 0 Å². The Kier molecular flexibility index (Phi) is 3.40. The number of anilines is 1. The van der Waals surface area contributed by atoms with Crippen LogP contribution in [0.15, 0.2) is 45.1 Å². The molecule has 0 fully saturated rings. The molecule has 0 spiro atoms. The minimum Gasteiger partial charge on any atom is -0.383 e. The van der Waals surface area contributed by atoms with Crippen LogP contribution in [0.1, 0.15) is 0 Å². The Morgan fingerprint density at radius 2 is 2.10 bits per heavy atom. The molecule has 3 aromatic rings. The summed E-state index contributed by atoms with van der Waals surface area (Å²) in [6.45, 7) is 0. The molecule has 8 nitrogen and oxygen atoms in total. The standard InChI is InChI=1S/C12H10N6O2S/c13-9-5-10(19)15-12(14-9)21-6-18-11(20)7-3-1-2-4-8(7)16-17-18/h1-5H,6H2,(H3,13,14,15,19). The molecule has 2 aromatic heterocycles. The lowest BCUT2D eigenvalue weighted by molar-refractivity contribution is 0.643. The maximum Gasteiger partial charge on any atom is 0.278 e. The second-order valence-corrected chi connectivity index (χ2v) is 5.09. The second kappa shape index (κ2) is 5.37. The van der Waals surface area contributed by atoms with Gasteiger partial charge in [-0.3, -0.25) is 9.59 Å². The van der Waals surface area contributed by atoms with Gasteiger partial charge in [0.25, 0.3) is 11.1 Å². The first-order chi connectivity index (χ1) is 10.1. The second-order valence-electron chi connectivity index (χ2n) is 4.16. The van der Waals surface area contributed by atoms with Gasteiger partial charge in [0, 0.05) is 6.07 Å². The smallest absolute Gasteiger partial charge is 0.278 e. The molecule has 1 aromatic carbocycles. The third kappa shape index (κ3) is 2.77. The molecule has 0 aliphatic rings. The number of nitrogens with one attached hydrogen (secondary N) is 1. The molecular weight excluding hydrogens is 292 g/mol. The molecule has 0 unspecified atom stereocenters. The summed E-state index contributed by atoms with van der Waals surface area (Å²) >= 11 is 1.14. The summed E-state index contributed by atoms with van der Waals surface area (Å²) in [7, 11) is 0. The average molecular weight is 302 g/mol. The highest BCUT2D eigenvalue weighted by molar-refractivity contribution is 7.98. The molecule has 0 bridgehead atoms. The number of fused-ring (bicyclic) bond motifs is 1. The zero-order chi connectivity index (χ0) is 14.8. The van der Waals surface area contributed by atoms with Gasteiger partial charge < -0.3 is 10.7 Å². The largest absolute Gasteiger partial charge is 0.383 e. The quantitative estimate of drug-likeness (QED) is 0.524. The van der Waals surface area contributed by atoms with Gasteiger partial charge in [0.05, 0.1) is 11.3 Å². The summed E-state index contributed by atoms with van der Waals surface area (Å²) < 4.78 is 1.20. The number of rotatable bonds is 3. The normalized spacial score (nSPS) is 10.9. The summed E-state index contributed by atoms with van der Waals surface area (Å²) in [5, 5.41) is 8.63. The number of nitrogens with two attached hydrogens (primary N) is 1. The number of benzene rings is 1. The zero-order valence-corrected chi connectivity index (χ0v) is 11.5. The number of nitrogens with zero attached hydrogens (tertiary/aromatic N) is 4. The number of thioether (sulfide) groups is 1. The highest BCUT2D eigenvalue weighted by Crippen LogP contribution is 2.13. The van der Waals surface area contributed by atoms with E-state index in [1.165, 1.54) is 10.7 Å². The van der Waals surface area contributed by atoms with E-state index < -0.39 is 0 Å². The molecule has 0 radical (unpaired) electrons. The third-order valence-corrected chi connectivity index (χ3v) is 3.53. The van der Waals surface area contributed by atoms with Crippen molar-refractivity contribution in [1.82, 2.24) is 25.0 Å². The van der Waals surface area contributed by atoms with Crippen LogP contribution in [0.3, 0.4) is 0 Å². The molecule has 9 heteroatoms. The number of H-pyrrole nitrogens is 1. The van der Waals surface area contributed by atoms with E-state index in [0.29, 0.717) is 16.1 Å². The minimum atomic E-state index is -0.345. The Labute approximate surface area is 122 Å². The van der Waals surface area contributed by atoms with Crippen molar-refractivity contribution in [3.8, 4) is 0 Å². The van der Waals surface area contributed by atoms with Gasteiger partial charge in [0.1, 0.15) is 11.3 Å². The van der Waals surface area contributed by atoms with Crippen LogP contribution in [-0.4, -0.2) is 25.0 Å². The first kappa shape index (κ1) is 13.3. The summed E-state index contributed by atoms with van der Waals surface area (Å²) in [5.74, 6) is 0.293. The van der Waals surface area contributed by atoms with E-state index in [1.54, 1.807) is 24.3 Å². The zero-order valence-electron chi connectivity index (χ0n) is 10.7. The van der Waals surface area contributed by atoms with E-state index in [2.05, 4.69) is 20.3 Å². The molecule has 2 heterocycles. The predicted molar refractivity (Wildman–Crippen MR) is 78.9 cm³/mol. The van der Waals surface area contributed by atoms with E-state index in [9.17, 15) is 9.59 Å². The van der Waals surface area contributed by atoms with E-state index in [1.807, 2.05) is 0 Å². The van der Waals surface area contributed by atoms with Crippen molar-refractivity contribution >= 4 is 28.5 Å². The fraction of sp³-hybridized carbons (Fsp3) is 0.0833. The van der Waals surface area contributed by atoms with Crippen molar-refractivity contribution in [1.29, 1.82) is 0 Å². The van der Waals surface area contributed by atoms with Crippen molar-refractivity contribution in [3.63, 3.8) is 0 Å². The number of hydrogen-bond acceptors (Lipinski definition) is 7. The Morgan fingerprint density at radius 1 is 1.29 bits per heavy atom. The highest BCUT2D eigenvalue weighted by atomic mass is 32.2. The van der Waals surface area contributed by atoms with E-state index in [-0.39, 0.29) is 22.8 Å². The number of nitrogen functional groups attached to an aromatic ring is 1. The van der Waals surface area contributed by atoms with Gasteiger partial charge in [0.15, 0.2) is 5.16 Å². The first-order valence-corrected chi connectivity index (χ1v) is 6.94. The van der Waals surface area contributed by atoms with Gasteiger partial charge in [0.2, 0.25) is 0 Å². The van der Waals surface area contributed by atoms with Gasteiger partial charge in [-0.2, -0.15) is 4.68 Å². The molecular formula is C12H10N6O2S. The molecule has 0 saturated carbocycles. The molecule has 3 rings (SSSR count). The Bertz CT molecular complexity index is 919. The van der Waals surface area contributed by atoms with Crippen LogP contribution < -0.4 is 16.9 Å². The topological polar surface area (TPSA) is 120 Å². The molecule has 0 aliphatic carbocycles. The summed E-state index contributed by atoms with van der Waals surface area (Å²) in [4.78, 5) is 30.0. The molecule has 0 amide bonds. The molecule has 3 N–H and O–H groups in total. The van der Waals surface area contributed by atoms with Crippen LogP contribution in [0.4, 0.5) is 5.82 Å². The van der Waals surface area contributed by atoms with E-state index in [4.69, 9.17) is 5.73 Å². The van der Waals surface area contributed by atoms with E-state index in [0.717, 1.165) is 11.8 Å². The van der Waals surface area contributed by atoms with Gasteiger partial charge in [-0.05, 0) is 12.1 Å². The van der Waals surface area contributed by atoms with Crippen LogP contribution in [-0.2, 0) is 5.88 Å². The van der Waals surface area contributed by atoms with Crippen LogP contribution >= 0.6 is 11.8 Å². The first-order valence-electron chi connectivity index (χ1n) is 5.96. The molecule has 0 aliphatic heterocycles. The lowest BCUT2D eigenvalue weighted by Crippen LogP contribution is -2.23. The lowest BCUT2D eigenvalue weighted by atomic mass is 10.2. The molecule has 106 valence electrons. The van der Waals surface area contributed by atoms with Crippen LogP contribution in [0.5, 0.6) is 0 Å². The molecule has 0 saturated heterocycles. The number of aromatic amines is 1. The van der Waals surface area contributed by atoms with E-state index >= 15 is 0 Å². The average Bonchev–Trinajstić information content (AvgIpc) is 2.46. The third-order valence-electron chi connectivity index (χ3n) is 2.69. The van der Waals surface area contributed by atoms with Gasteiger partial charge in [-0.25, -0.2) is 4.98 Å². The van der Waals surface area contributed by atoms with Gasteiger partial charge in [-0.15, -0.1) is 5.10 Å². The minimum absolute atomic E-state index is 0.123. The Hall–Kier alpha value is -2.68. The maximum absolute atomic E-state index is 12.2. The fourth-order valence-corrected chi connectivity index (χ4v) is 2.51. The van der Waals surface area contributed by atoms with Crippen molar-refractivity contribution in [2.45, 2.75) is 11.0 Å². The van der Waals surface area contributed by atoms with Crippen LogP contribution in [0, 0.1) is 0 Å². The fourth-order valence-electron chi connectivity index (χ4n) is 1.75. The van der Waals surface area contributed by atoms with Crippen LogP contribution in [0.25, 0.3) is 10.9 Å². The number of aromatic nitrogens is 5. The maximum atomic E-state index is 12.2. The summed E-state index contributed by atoms with van der Waals surface area (Å²) in [6.07, 6.45) is 0. The number of hydrogen-bond donors (Lipinski definition) is 2.